The van der Waals surface area contributed by atoms with E-state index in [-0.39, 0.29) is 0 Å². The maximum absolute atomic E-state index is 6.57. The Morgan fingerprint density at radius 1 is 0.731 bits per heavy atom. The zero-order chi connectivity index (χ0) is 18.1. The Hall–Kier alpha value is -2.55. The second kappa shape index (κ2) is 6.99. The second-order valence-corrected chi connectivity index (χ2v) is 6.82. The molecule has 0 radical (unpaired) electrons. The number of rotatable bonds is 3. The fourth-order valence-electron chi connectivity index (χ4n) is 3.22. The summed E-state index contributed by atoms with van der Waals surface area (Å²) >= 11 is 13.1. The van der Waals surface area contributed by atoms with Crippen LogP contribution >= 0.6 is 23.2 Å². The predicted octanol–water partition coefficient (Wildman–Crippen LogP) is 6.82. The first kappa shape index (κ1) is 16.9. The summed E-state index contributed by atoms with van der Waals surface area (Å²) in [6, 6.07) is 21.9. The minimum atomic E-state index is 0.700. The average Bonchev–Trinajstić information content (AvgIpc) is 3.08. The fraction of sp³-hybridized carbons (Fsp3) is 0.0455. The van der Waals surface area contributed by atoms with Gasteiger partial charge in [0.1, 0.15) is 5.82 Å². The fourth-order valence-corrected chi connectivity index (χ4v) is 3.69. The third-order valence-electron chi connectivity index (χ3n) is 4.43. The minimum Gasteiger partial charge on any atom is -0.303 e. The van der Waals surface area contributed by atoms with Crippen LogP contribution in [0, 0.1) is 6.92 Å². The number of nitrogens with zero attached hydrogens (tertiary/aromatic N) is 2. The number of aryl methyl sites for hydroxylation is 1. The SMILES string of the molecule is Cc1nccn1-c1cccc(-c2ccccc2Cl)c1-c1ccccc1Cl. The van der Waals surface area contributed by atoms with Crippen molar-refractivity contribution in [3.63, 3.8) is 0 Å². The molecule has 0 spiro atoms. The molecular formula is C22H16Cl2N2. The van der Waals surface area contributed by atoms with Gasteiger partial charge in [-0.05, 0) is 30.7 Å². The van der Waals surface area contributed by atoms with Gasteiger partial charge in [-0.3, -0.25) is 0 Å². The van der Waals surface area contributed by atoms with E-state index in [4.69, 9.17) is 23.2 Å². The lowest BCUT2D eigenvalue weighted by molar-refractivity contribution is 0.977. The summed E-state index contributed by atoms with van der Waals surface area (Å²) in [5.74, 6) is 0.912. The highest BCUT2D eigenvalue weighted by atomic mass is 35.5. The highest BCUT2D eigenvalue weighted by Gasteiger charge is 2.18. The lowest BCUT2D eigenvalue weighted by atomic mass is 9.92. The Labute approximate surface area is 162 Å². The molecule has 0 aliphatic rings. The van der Waals surface area contributed by atoms with Crippen molar-refractivity contribution in [1.82, 2.24) is 9.55 Å². The van der Waals surface area contributed by atoms with Crippen LogP contribution in [0.5, 0.6) is 0 Å². The van der Waals surface area contributed by atoms with Gasteiger partial charge in [0, 0.05) is 39.1 Å². The molecule has 0 aliphatic carbocycles. The highest BCUT2D eigenvalue weighted by Crippen LogP contribution is 2.42. The van der Waals surface area contributed by atoms with Gasteiger partial charge in [0.05, 0.1) is 5.69 Å². The van der Waals surface area contributed by atoms with E-state index in [1.165, 1.54) is 0 Å². The molecule has 4 rings (SSSR count). The first-order chi connectivity index (χ1) is 12.7. The zero-order valence-electron chi connectivity index (χ0n) is 14.2. The van der Waals surface area contributed by atoms with Gasteiger partial charge in [-0.15, -0.1) is 0 Å². The summed E-state index contributed by atoms with van der Waals surface area (Å²) in [6.07, 6.45) is 3.76. The number of imidazole rings is 1. The third-order valence-corrected chi connectivity index (χ3v) is 5.09. The molecule has 2 nitrogen and oxygen atoms in total. The summed E-state index contributed by atoms with van der Waals surface area (Å²) in [5, 5.41) is 1.41. The van der Waals surface area contributed by atoms with E-state index in [0.717, 1.165) is 33.8 Å². The number of halogens is 2. The molecule has 0 amide bonds. The maximum Gasteiger partial charge on any atom is 0.110 e. The van der Waals surface area contributed by atoms with Gasteiger partial charge in [0.2, 0.25) is 0 Å². The minimum absolute atomic E-state index is 0.700. The topological polar surface area (TPSA) is 17.8 Å². The Bertz CT molecular complexity index is 1080. The van der Waals surface area contributed by atoms with E-state index >= 15 is 0 Å². The summed E-state index contributed by atoms with van der Waals surface area (Å²) in [6.45, 7) is 1.98. The van der Waals surface area contributed by atoms with Crippen LogP contribution in [0.4, 0.5) is 0 Å². The maximum atomic E-state index is 6.57. The standard InChI is InChI=1S/C22H16Cl2N2/c1-15-25-13-14-26(15)21-12-6-9-17(16-7-2-4-10-19(16)23)22(21)18-8-3-5-11-20(18)24/h2-14H,1H3. The first-order valence-corrected chi connectivity index (χ1v) is 9.05. The number of benzene rings is 3. The molecule has 0 fully saturated rings. The zero-order valence-corrected chi connectivity index (χ0v) is 15.7. The number of aromatic nitrogens is 2. The van der Waals surface area contributed by atoms with Gasteiger partial charge < -0.3 is 4.57 Å². The second-order valence-electron chi connectivity index (χ2n) is 6.00. The smallest absolute Gasteiger partial charge is 0.110 e. The Kier molecular flexibility index (Phi) is 4.54. The van der Waals surface area contributed by atoms with Crippen molar-refractivity contribution in [2.45, 2.75) is 6.92 Å². The first-order valence-electron chi connectivity index (χ1n) is 8.30. The van der Waals surface area contributed by atoms with Crippen LogP contribution in [-0.4, -0.2) is 9.55 Å². The van der Waals surface area contributed by atoms with E-state index in [1.54, 1.807) is 6.20 Å². The third kappa shape index (κ3) is 2.92. The molecule has 128 valence electrons. The molecule has 4 heteroatoms. The molecule has 0 bridgehead atoms. The van der Waals surface area contributed by atoms with Crippen molar-refractivity contribution in [2.24, 2.45) is 0 Å². The van der Waals surface area contributed by atoms with Crippen LogP contribution in [-0.2, 0) is 0 Å². The van der Waals surface area contributed by atoms with E-state index in [9.17, 15) is 0 Å². The van der Waals surface area contributed by atoms with Gasteiger partial charge >= 0.3 is 0 Å². The van der Waals surface area contributed by atoms with Crippen molar-refractivity contribution in [3.05, 3.63) is 95.0 Å². The van der Waals surface area contributed by atoms with Crippen molar-refractivity contribution >= 4 is 23.2 Å². The summed E-state index contributed by atoms with van der Waals surface area (Å²) in [5.41, 5.74) is 5.03. The lowest BCUT2D eigenvalue weighted by Crippen LogP contribution is -2.00. The van der Waals surface area contributed by atoms with Crippen molar-refractivity contribution in [3.8, 4) is 27.9 Å². The lowest BCUT2D eigenvalue weighted by Gasteiger charge is -2.18. The molecule has 0 N–H and O–H groups in total. The Balaban J connectivity index is 2.10. The molecule has 3 aromatic carbocycles. The molecular weight excluding hydrogens is 363 g/mol. The molecule has 0 atom stereocenters. The quantitative estimate of drug-likeness (QED) is 0.382. The van der Waals surface area contributed by atoms with Gasteiger partial charge in [-0.1, -0.05) is 71.7 Å². The van der Waals surface area contributed by atoms with Crippen LogP contribution in [0.3, 0.4) is 0 Å². The van der Waals surface area contributed by atoms with Crippen molar-refractivity contribution in [2.75, 3.05) is 0 Å². The van der Waals surface area contributed by atoms with Gasteiger partial charge in [0.25, 0.3) is 0 Å². The Morgan fingerprint density at radius 2 is 1.35 bits per heavy atom. The average molecular weight is 379 g/mol. The van der Waals surface area contributed by atoms with Gasteiger partial charge in [-0.2, -0.15) is 0 Å². The van der Waals surface area contributed by atoms with E-state index in [1.807, 2.05) is 67.7 Å². The molecule has 0 saturated heterocycles. The van der Waals surface area contributed by atoms with E-state index in [0.29, 0.717) is 10.0 Å². The van der Waals surface area contributed by atoms with Crippen LogP contribution in [0.2, 0.25) is 10.0 Å². The number of hydrogen-bond donors (Lipinski definition) is 0. The Morgan fingerprint density at radius 3 is 1.96 bits per heavy atom. The predicted molar refractivity (Wildman–Crippen MR) is 109 cm³/mol. The van der Waals surface area contributed by atoms with E-state index in [2.05, 4.69) is 21.7 Å². The largest absolute Gasteiger partial charge is 0.303 e. The van der Waals surface area contributed by atoms with Gasteiger partial charge in [-0.25, -0.2) is 4.98 Å². The molecule has 0 aliphatic heterocycles. The normalized spacial score (nSPS) is 10.9. The van der Waals surface area contributed by atoms with Crippen LogP contribution < -0.4 is 0 Å². The molecule has 26 heavy (non-hydrogen) atoms. The molecule has 0 unspecified atom stereocenters. The van der Waals surface area contributed by atoms with Gasteiger partial charge in [0.15, 0.2) is 0 Å². The molecule has 1 heterocycles. The monoisotopic (exact) mass is 378 g/mol. The van der Waals surface area contributed by atoms with Crippen LogP contribution in [0.1, 0.15) is 5.82 Å². The van der Waals surface area contributed by atoms with Crippen LogP contribution in [0.15, 0.2) is 79.1 Å². The summed E-state index contributed by atoms with van der Waals surface area (Å²) in [7, 11) is 0. The van der Waals surface area contributed by atoms with E-state index < -0.39 is 0 Å². The summed E-state index contributed by atoms with van der Waals surface area (Å²) in [4.78, 5) is 4.37. The van der Waals surface area contributed by atoms with Crippen LogP contribution in [0.25, 0.3) is 27.9 Å². The van der Waals surface area contributed by atoms with Crippen molar-refractivity contribution < 1.29 is 0 Å². The molecule has 4 aromatic rings. The molecule has 1 aromatic heterocycles. The summed E-state index contributed by atoms with van der Waals surface area (Å²) < 4.78 is 2.07. The van der Waals surface area contributed by atoms with Crippen molar-refractivity contribution in [1.29, 1.82) is 0 Å². The highest BCUT2D eigenvalue weighted by molar-refractivity contribution is 6.35. The molecule has 0 saturated carbocycles. The number of hydrogen-bond acceptors (Lipinski definition) is 1.